The van der Waals surface area contributed by atoms with E-state index in [1.54, 1.807) is 47.6 Å². The number of likely N-dealkylation sites (tertiary alicyclic amines) is 1. The van der Waals surface area contributed by atoms with Gasteiger partial charge in [-0.25, -0.2) is 9.97 Å². The van der Waals surface area contributed by atoms with Crippen LogP contribution < -0.4 is 10.3 Å². The minimum Gasteiger partial charge on any atom is -0.481 e. The van der Waals surface area contributed by atoms with Gasteiger partial charge in [-0.1, -0.05) is 6.07 Å². The van der Waals surface area contributed by atoms with Gasteiger partial charge in [-0.3, -0.25) is 14.6 Å². The number of nitrogens with zero attached hydrogens (tertiary/aromatic N) is 4. The Hall–Kier alpha value is -3.55. The van der Waals surface area contributed by atoms with Crippen molar-refractivity contribution < 1.29 is 9.53 Å². The van der Waals surface area contributed by atoms with Crippen molar-refractivity contribution in [1.29, 1.82) is 0 Å². The Morgan fingerprint density at radius 1 is 1.21 bits per heavy atom. The third-order valence-electron chi connectivity index (χ3n) is 4.71. The number of hydrogen-bond acceptors (Lipinski definition) is 6. The molecule has 0 spiro atoms. The van der Waals surface area contributed by atoms with Gasteiger partial charge in [-0.15, -0.1) is 0 Å². The molecule has 4 heterocycles. The molecule has 0 aliphatic carbocycles. The first kappa shape index (κ1) is 17.8. The molecule has 3 aromatic rings. The summed E-state index contributed by atoms with van der Waals surface area (Å²) in [6.45, 7) is 0.588. The Balaban J connectivity index is 1.72. The van der Waals surface area contributed by atoms with E-state index in [0.29, 0.717) is 35.2 Å². The van der Waals surface area contributed by atoms with Crippen LogP contribution in [0.15, 0.2) is 53.6 Å². The molecule has 0 unspecified atom stereocenters. The molecule has 142 valence electrons. The Morgan fingerprint density at radius 2 is 2.07 bits per heavy atom. The zero-order valence-electron chi connectivity index (χ0n) is 15.3. The third-order valence-corrected chi connectivity index (χ3v) is 4.71. The maximum atomic E-state index is 12.9. The van der Waals surface area contributed by atoms with Crippen molar-refractivity contribution in [3.05, 3.63) is 70.7 Å². The average Bonchev–Trinajstić information content (AvgIpc) is 3.23. The van der Waals surface area contributed by atoms with Gasteiger partial charge in [0.2, 0.25) is 5.88 Å². The lowest BCUT2D eigenvalue weighted by Crippen LogP contribution is -2.33. The molecule has 3 aromatic heterocycles. The molecule has 0 bridgehead atoms. The molecule has 28 heavy (non-hydrogen) atoms. The summed E-state index contributed by atoms with van der Waals surface area (Å²) in [4.78, 5) is 42.6. The van der Waals surface area contributed by atoms with Gasteiger partial charge in [0.25, 0.3) is 11.5 Å². The number of aromatic nitrogens is 4. The molecule has 1 aliphatic rings. The van der Waals surface area contributed by atoms with Crippen LogP contribution in [0.2, 0.25) is 0 Å². The second kappa shape index (κ2) is 7.59. The lowest BCUT2D eigenvalue weighted by atomic mass is 10.1. The molecule has 1 atom stereocenters. The highest BCUT2D eigenvalue weighted by Crippen LogP contribution is 2.32. The lowest BCUT2D eigenvalue weighted by Gasteiger charge is -2.24. The molecule has 8 nitrogen and oxygen atoms in total. The number of aromatic amines is 1. The molecule has 1 saturated heterocycles. The first-order chi connectivity index (χ1) is 13.7. The minimum atomic E-state index is -0.315. The van der Waals surface area contributed by atoms with Crippen molar-refractivity contribution in [2.75, 3.05) is 13.7 Å². The van der Waals surface area contributed by atoms with E-state index in [-0.39, 0.29) is 17.5 Å². The van der Waals surface area contributed by atoms with Crippen LogP contribution in [0.5, 0.6) is 5.88 Å². The summed E-state index contributed by atoms with van der Waals surface area (Å²) in [6, 6.07) is 9.87. The topological polar surface area (TPSA) is 101 Å². The van der Waals surface area contributed by atoms with Crippen molar-refractivity contribution in [2.45, 2.75) is 18.9 Å². The Labute approximate surface area is 161 Å². The van der Waals surface area contributed by atoms with E-state index in [0.717, 1.165) is 12.8 Å². The SMILES string of the molecule is COc1ncccc1-c1cc(=O)[nH]c([C@H]2CCCN2C(=O)c2ccccn2)n1. The maximum absolute atomic E-state index is 12.9. The summed E-state index contributed by atoms with van der Waals surface area (Å²) in [5.41, 5.74) is 1.17. The summed E-state index contributed by atoms with van der Waals surface area (Å²) < 4.78 is 5.29. The number of H-pyrrole nitrogens is 1. The van der Waals surface area contributed by atoms with E-state index < -0.39 is 0 Å². The largest absolute Gasteiger partial charge is 0.481 e. The van der Waals surface area contributed by atoms with Crippen LogP contribution >= 0.6 is 0 Å². The van der Waals surface area contributed by atoms with Gasteiger partial charge >= 0.3 is 0 Å². The molecular formula is C20H19N5O3. The summed E-state index contributed by atoms with van der Waals surface area (Å²) in [5, 5.41) is 0. The number of methoxy groups -OCH3 is 1. The van der Waals surface area contributed by atoms with Crippen molar-refractivity contribution in [3.63, 3.8) is 0 Å². The van der Waals surface area contributed by atoms with Gasteiger partial charge in [0, 0.05) is 25.0 Å². The molecule has 1 N–H and O–H groups in total. The van der Waals surface area contributed by atoms with Gasteiger partial charge in [0.05, 0.1) is 24.4 Å². The van der Waals surface area contributed by atoms with Crippen LogP contribution in [0.4, 0.5) is 0 Å². The summed E-state index contributed by atoms with van der Waals surface area (Å²) in [5.74, 6) is 0.671. The monoisotopic (exact) mass is 377 g/mol. The zero-order chi connectivity index (χ0) is 19.5. The fraction of sp³-hybridized carbons (Fsp3) is 0.250. The molecule has 1 aliphatic heterocycles. The average molecular weight is 377 g/mol. The number of ether oxygens (including phenoxy) is 1. The Morgan fingerprint density at radius 3 is 2.86 bits per heavy atom. The molecular weight excluding hydrogens is 358 g/mol. The van der Waals surface area contributed by atoms with Gasteiger partial charge < -0.3 is 14.6 Å². The maximum Gasteiger partial charge on any atom is 0.273 e. The van der Waals surface area contributed by atoms with Crippen LogP contribution in [-0.2, 0) is 0 Å². The highest BCUT2D eigenvalue weighted by molar-refractivity contribution is 5.92. The van der Waals surface area contributed by atoms with E-state index in [4.69, 9.17) is 4.74 Å². The third kappa shape index (κ3) is 3.36. The Kier molecular flexibility index (Phi) is 4.84. The smallest absolute Gasteiger partial charge is 0.273 e. The lowest BCUT2D eigenvalue weighted by molar-refractivity contribution is 0.0723. The standard InChI is InChI=1S/C20H19N5O3/c1-28-19-13(6-4-10-22-19)15-12-17(26)24-18(23-15)16-8-5-11-25(16)20(27)14-7-2-3-9-21-14/h2-4,6-7,9-10,12,16H,5,8,11H2,1H3,(H,23,24,26)/t16-/m1/s1. The molecule has 0 aromatic carbocycles. The van der Waals surface area contributed by atoms with Crippen LogP contribution in [0.1, 0.15) is 35.2 Å². The van der Waals surface area contributed by atoms with Crippen molar-refractivity contribution in [2.24, 2.45) is 0 Å². The fourth-order valence-electron chi connectivity index (χ4n) is 3.45. The summed E-state index contributed by atoms with van der Waals surface area (Å²) in [7, 11) is 1.52. The first-order valence-corrected chi connectivity index (χ1v) is 9.00. The van der Waals surface area contributed by atoms with E-state index in [2.05, 4.69) is 19.9 Å². The zero-order valence-corrected chi connectivity index (χ0v) is 15.3. The fourth-order valence-corrected chi connectivity index (χ4v) is 3.45. The predicted molar refractivity (Wildman–Crippen MR) is 102 cm³/mol. The number of amides is 1. The molecule has 0 saturated carbocycles. The van der Waals surface area contributed by atoms with Crippen molar-refractivity contribution in [1.82, 2.24) is 24.8 Å². The molecule has 8 heteroatoms. The number of hydrogen-bond donors (Lipinski definition) is 1. The van der Waals surface area contributed by atoms with Gasteiger partial charge in [0.1, 0.15) is 11.5 Å². The first-order valence-electron chi connectivity index (χ1n) is 9.00. The second-order valence-corrected chi connectivity index (χ2v) is 6.45. The van der Waals surface area contributed by atoms with E-state index >= 15 is 0 Å². The van der Waals surface area contributed by atoms with E-state index in [9.17, 15) is 9.59 Å². The second-order valence-electron chi connectivity index (χ2n) is 6.45. The number of nitrogens with one attached hydrogen (secondary N) is 1. The van der Waals surface area contributed by atoms with E-state index in [1.807, 2.05) is 0 Å². The van der Waals surface area contributed by atoms with Crippen molar-refractivity contribution in [3.8, 4) is 17.1 Å². The normalized spacial score (nSPS) is 16.2. The van der Waals surface area contributed by atoms with Crippen LogP contribution in [0, 0.1) is 0 Å². The molecule has 0 radical (unpaired) electrons. The number of rotatable bonds is 4. The van der Waals surface area contributed by atoms with Gasteiger partial charge in [0.15, 0.2) is 0 Å². The van der Waals surface area contributed by atoms with E-state index in [1.165, 1.54) is 13.2 Å². The van der Waals surface area contributed by atoms with Crippen LogP contribution in [-0.4, -0.2) is 44.4 Å². The van der Waals surface area contributed by atoms with Crippen LogP contribution in [0.3, 0.4) is 0 Å². The van der Waals surface area contributed by atoms with Crippen molar-refractivity contribution >= 4 is 5.91 Å². The summed E-state index contributed by atoms with van der Waals surface area (Å²) >= 11 is 0. The summed E-state index contributed by atoms with van der Waals surface area (Å²) in [6.07, 6.45) is 4.75. The minimum absolute atomic E-state index is 0.171. The molecule has 1 fully saturated rings. The number of pyridine rings is 2. The quantitative estimate of drug-likeness (QED) is 0.748. The Bertz CT molecular complexity index is 1050. The molecule has 4 rings (SSSR count). The van der Waals surface area contributed by atoms with Gasteiger partial charge in [-0.05, 0) is 37.1 Å². The number of carbonyl (C=O) groups is 1. The highest BCUT2D eigenvalue weighted by Gasteiger charge is 2.33. The van der Waals surface area contributed by atoms with Crippen LogP contribution in [0.25, 0.3) is 11.3 Å². The number of carbonyl (C=O) groups excluding carboxylic acids is 1. The highest BCUT2D eigenvalue weighted by atomic mass is 16.5. The predicted octanol–water partition coefficient (Wildman–Crippen LogP) is 2.21. The molecule has 1 amide bonds. The van der Waals surface area contributed by atoms with Gasteiger partial charge in [-0.2, -0.15) is 0 Å².